The quantitative estimate of drug-likeness (QED) is 0.312. The fourth-order valence-corrected chi connectivity index (χ4v) is 2.99. The Balaban J connectivity index is 2.34. The van der Waals surface area contributed by atoms with Crippen LogP contribution in [0.2, 0.25) is 0 Å². The molecule has 1 aliphatic carbocycles. The van der Waals surface area contributed by atoms with E-state index < -0.39 is 17.4 Å². The molecule has 0 aromatic rings. The molecule has 0 bridgehead atoms. The Morgan fingerprint density at radius 1 is 1.24 bits per heavy atom. The molecule has 0 amide bonds. The molecular weight excluding hydrogens is 272 g/mol. The van der Waals surface area contributed by atoms with Crippen LogP contribution in [0.3, 0.4) is 0 Å². The maximum Gasteiger partial charge on any atom is 0.324 e. The maximum atomic E-state index is 12.6. The van der Waals surface area contributed by atoms with Gasteiger partial charge >= 0.3 is 11.9 Å². The lowest BCUT2D eigenvalue weighted by Gasteiger charge is -2.35. The number of carbonyl (C=O) groups is 2. The van der Waals surface area contributed by atoms with E-state index in [4.69, 9.17) is 14.2 Å². The second kappa shape index (κ2) is 7.07. The predicted molar refractivity (Wildman–Crippen MR) is 76.5 cm³/mol. The maximum absolute atomic E-state index is 12.6. The minimum absolute atomic E-state index is 0.0471. The standard InChI is InChI=1S/C16H24O5/c1-3-19-14(17)16(10-13-11-21-13,15(18)20-4-2)12-8-6-5-7-9-12/h6,8,12-13H,3-5,7,9-11H2,1-2H3. The Morgan fingerprint density at radius 3 is 2.29 bits per heavy atom. The highest BCUT2D eigenvalue weighted by Gasteiger charge is 2.56. The minimum Gasteiger partial charge on any atom is -0.465 e. The van der Waals surface area contributed by atoms with Gasteiger partial charge in [-0.1, -0.05) is 12.2 Å². The number of epoxide rings is 1. The second-order valence-corrected chi connectivity index (χ2v) is 5.54. The van der Waals surface area contributed by atoms with E-state index in [1.54, 1.807) is 13.8 Å². The molecule has 5 heteroatoms. The van der Waals surface area contributed by atoms with Crippen molar-refractivity contribution in [3.63, 3.8) is 0 Å². The average molecular weight is 296 g/mol. The van der Waals surface area contributed by atoms with E-state index >= 15 is 0 Å². The van der Waals surface area contributed by atoms with Gasteiger partial charge in [0.25, 0.3) is 0 Å². The summed E-state index contributed by atoms with van der Waals surface area (Å²) in [5.74, 6) is -1.13. The fraction of sp³-hybridized carbons (Fsp3) is 0.750. The summed E-state index contributed by atoms with van der Waals surface area (Å²) in [7, 11) is 0. The van der Waals surface area contributed by atoms with Crippen molar-refractivity contribution in [1.82, 2.24) is 0 Å². The largest absolute Gasteiger partial charge is 0.465 e. The topological polar surface area (TPSA) is 65.1 Å². The highest BCUT2D eigenvalue weighted by molar-refractivity contribution is 6.01. The molecule has 1 heterocycles. The van der Waals surface area contributed by atoms with Crippen molar-refractivity contribution >= 4 is 11.9 Å². The first-order valence-corrected chi connectivity index (χ1v) is 7.77. The van der Waals surface area contributed by atoms with Gasteiger partial charge in [-0.2, -0.15) is 0 Å². The first-order valence-electron chi connectivity index (χ1n) is 7.77. The first-order chi connectivity index (χ1) is 10.1. The highest BCUT2D eigenvalue weighted by Crippen LogP contribution is 2.44. The van der Waals surface area contributed by atoms with E-state index in [-0.39, 0.29) is 25.2 Å². The Kier molecular flexibility index (Phi) is 5.39. The van der Waals surface area contributed by atoms with Crippen LogP contribution in [0.15, 0.2) is 12.2 Å². The first kappa shape index (κ1) is 16.0. The van der Waals surface area contributed by atoms with Crippen LogP contribution in [-0.4, -0.2) is 37.9 Å². The van der Waals surface area contributed by atoms with Gasteiger partial charge in [0.05, 0.1) is 25.9 Å². The summed E-state index contributed by atoms with van der Waals surface area (Å²) in [5, 5.41) is 0. The summed E-state index contributed by atoms with van der Waals surface area (Å²) in [4.78, 5) is 25.3. The molecule has 1 saturated heterocycles. The number of ether oxygens (including phenoxy) is 3. The number of hydrogen-bond donors (Lipinski definition) is 0. The zero-order valence-electron chi connectivity index (χ0n) is 12.8. The fourth-order valence-electron chi connectivity index (χ4n) is 2.99. The third-order valence-electron chi connectivity index (χ3n) is 4.12. The van der Waals surface area contributed by atoms with Gasteiger partial charge in [-0.25, -0.2) is 0 Å². The third-order valence-corrected chi connectivity index (χ3v) is 4.12. The Bertz CT molecular complexity index is 393. The Labute approximate surface area is 125 Å². The molecule has 2 atom stereocenters. The number of allylic oxidation sites excluding steroid dienone is 2. The zero-order chi connectivity index (χ0) is 15.3. The Hall–Kier alpha value is -1.36. The second-order valence-electron chi connectivity index (χ2n) is 5.54. The summed E-state index contributed by atoms with van der Waals surface area (Å²) in [6.45, 7) is 4.59. The molecule has 0 radical (unpaired) electrons. The molecule has 0 saturated carbocycles. The van der Waals surface area contributed by atoms with Gasteiger partial charge in [0.15, 0.2) is 5.41 Å². The van der Waals surface area contributed by atoms with Gasteiger partial charge in [-0.15, -0.1) is 0 Å². The summed E-state index contributed by atoms with van der Waals surface area (Å²) in [6, 6.07) is 0. The van der Waals surface area contributed by atoms with Crippen molar-refractivity contribution in [2.24, 2.45) is 11.3 Å². The molecule has 0 N–H and O–H groups in total. The number of esters is 2. The van der Waals surface area contributed by atoms with E-state index in [9.17, 15) is 9.59 Å². The normalized spacial score (nSPS) is 24.5. The lowest BCUT2D eigenvalue weighted by molar-refractivity contribution is -0.177. The van der Waals surface area contributed by atoms with Crippen LogP contribution in [0.1, 0.15) is 39.5 Å². The van der Waals surface area contributed by atoms with Crippen LogP contribution in [-0.2, 0) is 23.8 Å². The van der Waals surface area contributed by atoms with Crippen LogP contribution >= 0.6 is 0 Å². The van der Waals surface area contributed by atoms with Gasteiger partial charge in [-0.05, 0) is 33.1 Å². The van der Waals surface area contributed by atoms with Crippen molar-refractivity contribution in [2.75, 3.05) is 19.8 Å². The molecule has 2 rings (SSSR count). The molecule has 5 nitrogen and oxygen atoms in total. The molecule has 1 aliphatic heterocycles. The van der Waals surface area contributed by atoms with E-state index in [0.29, 0.717) is 13.0 Å². The lowest BCUT2D eigenvalue weighted by Crippen LogP contribution is -2.48. The van der Waals surface area contributed by atoms with Crippen molar-refractivity contribution < 1.29 is 23.8 Å². The molecule has 2 unspecified atom stereocenters. The highest BCUT2D eigenvalue weighted by atomic mass is 16.6. The van der Waals surface area contributed by atoms with Gasteiger partial charge in [-0.3, -0.25) is 9.59 Å². The van der Waals surface area contributed by atoms with Crippen LogP contribution in [0.25, 0.3) is 0 Å². The molecule has 0 spiro atoms. The molecule has 2 aliphatic rings. The number of hydrogen-bond acceptors (Lipinski definition) is 5. The lowest BCUT2D eigenvalue weighted by atomic mass is 9.68. The van der Waals surface area contributed by atoms with Crippen LogP contribution in [0.4, 0.5) is 0 Å². The van der Waals surface area contributed by atoms with Crippen LogP contribution in [0, 0.1) is 11.3 Å². The van der Waals surface area contributed by atoms with E-state index in [1.807, 2.05) is 12.2 Å². The SMILES string of the molecule is CCOC(=O)C(CC1CO1)(C(=O)OCC)C1C=CCCC1. The molecule has 118 valence electrons. The summed E-state index contributed by atoms with van der Waals surface area (Å²) in [5.41, 5.74) is -1.26. The number of carbonyl (C=O) groups excluding carboxylic acids is 2. The predicted octanol–water partition coefficient (Wildman–Crippen LogP) is 2.24. The summed E-state index contributed by atoms with van der Waals surface area (Å²) >= 11 is 0. The minimum atomic E-state index is -1.26. The van der Waals surface area contributed by atoms with E-state index in [1.165, 1.54) is 0 Å². The summed E-state index contributed by atoms with van der Waals surface area (Å²) in [6.07, 6.45) is 7.05. The molecular formula is C16H24O5. The van der Waals surface area contributed by atoms with Crippen molar-refractivity contribution in [3.05, 3.63) is 12.2 Å². The van der Waals surface area contributed by atoms with Gasteiger partial charge in [0, 0.05) is 12.3 Å². The molecule has 0 aromatic carbocycles. The number of rotatable bonds is 7. The van der Waals surface area contributed by atoms with Gasteiger partial charge < -0.3 is 14.2 Å². The molecule has 1 fully saturated rings. The monoisotopic (exact) mass is 296 g/mol. The van der Waals surface area contributed by atoms with Gasteiger partial charge in [0.2, 0.25) is 0 Å². The van der Waals surface area contributed by atoms with E-state index in [2.05, 4.69) is 0 Å². The third kappa shape index (κ3) is 3.46. The Morgan fingerprint density at radius 2 is 1.86 bits per heavy atom. The summed E-state index contributed by atoms with van der Waals surface area (Å²) < 4.78 is 15.7. The van der Waals surface area contributed by atoms with Crippen molar-refractivity contribution in [3.8, 4) is 0 Å². The van der Waals surface area contributed by atoms with Crippen LogP contribution in [0.5, 0.6) is 0 Å². The van der Waals surface area contributed by atoms with Crippen molar-refractivity contribution in [2.45, 2.75) is 45.6 Å². The zero-order valence-corrected chi connectivity index (χ0v) is 12.8. The average Bonchev–Trinajstić information content (AvgIpc) is 3.30. The van der Waals surface area contributed by atoms with Gasteiger partial charge in [0.1, 0.15) is 0 Å². The van der Waals surface area contributed by atoms with Crippen molar-refractivity contribution in [1.29, 1.82) is 0 Å². The molecule has 0 aromatic heterocycles. The smallest absolute Gasteiger partial charge is 0.324 e. The van der Waals surface area contributed by atoms with E-state index in [0.717, 1.165) is 19.3 Å². The van der Waals surface area contributed by atoms with Crippen LogP contribution < -0.4 is 0 Å². The molecule has 21 heavy (non-hydrogen) atoms.